The van der Waals surface area contributed by atoms with Crippen molar-refractivity contribution in [3.05, 3.63) is 23.4 Å². The molecule has 106 valence electrons. The summed E-state index contributed by atoms with van der Waals surface area (Å²) < 4.78 is 0. The van der Waals surface area contributed by atoms with Crippen molar-refractivity contribution in [2.45, 2.75) is 39.7 Å². The molecule has 19 heavy (non-hydrogen) atoms. The van der Waals surface area contributed by atoms with Gasteiger partial charge in [0.1, 0.15) is 5.82 Å². The van der Waals surface area contributed by atoms with Gasteiger partial charge in [0.15, 0.2) is 0 Å². The van der Waals surface area contributed by atoms with Gasteiger partial charge in [-0.1, -0.05) is 13.8 Å². The van der Waals surface area contributed by atoms with Crippen LogP contribution in [0.4, 0.5) is 5.82 Å². The molecule has 2 rings (SSSR count). The molecule has 3 nitrogen and oxygen atoms in total. The summed E-state index contributed by atoms with van der Waals surface area (Å²) in [6.45, 7) is 9.25. The molecule has 0 spiro atoms. The first-order valence-corrected chi connectivity index (χ1v) is 7.37. The molecular formula is C16H27N3. The summed E-state index contributed by atoms with van der Waals surface area (Å²) in [7, 11) is 4.09. The second kappa shape index (κ2) is 5.91. The highest BCUT2D eigenvalue weighted by atomic mass is 15.2. The molecule has 0 unspecified atom stereocenters. The molecule has 0 aliphatic carbocycles. The number of aromatic nitrogens is 1. The molecule has 0 N–H and O–H groups in total. The molecule has 1 aliphatic heterocycles. The van der Waals surface area contributed by atoms with E-state index in [1.807, 2.05) is 14.1 Å². The van der Waals surface area contributed by atoms with Crippen molar-refractivity contribution in [1.82, 2.24) is 9.88 Å². The van der Waals surface area contributed by atoms with Crippen LogP contribution in [-0.2, 0) is 0 Å². The molecule has 2 heterocycles. The highest BCUT2D eigenvalue weighted by Gasteiger charge is 2.27. The third-order valence-electron chi connectivity index (χ3n) is 3.92. The first-order valence-electron chi connectivity index (χ1n) is 7.37. The van der Waals surface area contributed by atoms with Gasteiger partial charge >= 0.3 is 0 Å². The van der Waals surface area contributed by atoms with Crippen LogP contribution < -0.4 is 4.90 Å². The van der Waals surface area contributed by atoms with Crippen LogP contribution in [0.2, 0.25) is 0 Å². The summed E-state index contributed by atoms with van der Waals surface area (Å²) in [5.41, 5.74) is 2.79. The van der Waals surface area contributed by atoms with Gasteiger partial charge in [-0.05, 0) is 49.4 Å². The standard InChI is InChI=1S/C16H27N3/c1-12(2)11-19-8-6-7-15(19)14-10-17-16(18(4)5)9-13(14)3/h9-10,12,15H,6-8,11H2,1-5H3/t15-/m1/s1. The van der Waals surface area contributed by atoms with Gasteiger partial charge in [0.25, 0.3) is 0 Å². The van der Waals surface area contributed by atoms with Crippen molar-refractivity contribution in [1.29, 1.82) is 0 Å². The van der Waals surface area contributed by atoms with Crippen molar-refractivity contribution in [3.63, 3.8) is 0 Å². The largest absolute Gasteiger partial charge is 0.363 e. The van der Waals surface area contributed by atoms with E-state index in [2.05, 4.69) is 47.8 Å². The molecule has 1 aromatic rings. The molecule has 1 aliphatic rings. The van der Waals surface area contributed by atoms with Crippen LogP contribution in [0, 0.1) is 12.8 Å². The monoisotopic (exact) mass is 261 g/mol. The second-order valence-corrected chi connectivity index (χ2v) is 6.34. The Kier molecular flexibility index (Phi) is 4.46. The maximum absolute atomic E-state index is 4.60. The molecule has 1 fully saturated rings. The first-order chi connectivity index (χ1) is 8.99. The van der Waals surface area contributed by atoms with E-state index in [9.17, 15) is 0 Å². The Morgan fingerprint density at radius 2 is 2.16 bits per heavy atom. The van der Waals surface area contributed by atoms with Crippen molar-refractivity contribution in [2.24, 2.45) is 5.92 Å². The van der Waals surface area contributed by atoms with E-state index in [1.54, 1.807) is 0 Å². The zero-order chi connectivity index (χ0) is 14.0. The maximum Gasteiger partial charge on any atom is 0.128 e. The molecule has 3 heteroatoms. The van der Waals surface area contributed by atoms with Gasteiger partial charge in [-0.2, -0.15) is 0 Å². The highest BCUT2D eigenvalue weighted by Crippen LogP contribution is 2.34. The van der Waals surface area contributed by atoms with Crippen LogP contribution in [0.25, 0.3) is 0 Å². The fourth-order valence-electron chi connectivity index (χ4n) is 3.01. The van der Waals surface area contributed by atoms with Gasteiger partial charge in [0.05, 0.1) is 0 Å². The fourth-order valence-corrected chi connectivity index (χ4v) is 3.01. The minimum Gasteiger partial charge on any atom is -0.363 e. The van der Waals surface area contributed by atoms with Gasteiger partial charge in [0, 0.05) is 32.9 Å². The molecular weight excluding hydrogens is 234 g/mol. The summed E-state index contributed by atoms with van der Waals surface area (Å²) in [6.07, 6.45) is 4.68. The number of pyridine rings is 1. The highest BCUT2D eigenvalue weighted by molar-refractivity contribution is 5.43. The lowest BCUT2D eigenvalue weighted by Gasteiger charge is -2.27. The molecule has 0 aromatic carbocycles. The quantitative estimate of drug-likeness (QED) is 0.829. The molecule has 1 saturated heterocycles. The third kappa shape index (κ3) is 3.27. The Bertz CT molecular complexity index is 426. The average Bonchev–Trinajstić information content (AvgIpc) is 2.75. The number of rotatable bonds is 4. The predicted molar refractivity (Wildman–Crippen MR) is 81.7 cm³/mol. The van der Waals surface area contributed by atoms with E-state index in [0.29, 0.717) is 6.04 Å². The third-order valence-corrected chi connectivity index (χ3v) is 3.92. The molecule has 0 radical (unpaired) electrons. The Hall–Kier alpha value is -1.09. The van der Waals surface area contributed by atoms with E-state index in [1.165, 1.54) is 37.1 Å². The molecule has 1 aromatic heterocycles. The Morgan fingerprint density at radius 3 is 2.74 bits per heavy atom. The zero-order valence-electron chi connectivity index (χ0n) is 13.0. The molecule has 0 amide bonds. The Morgan fingerprint density at radius 1 is 1.42 bits per heavy atom. The summed E-state index contributed by atoms with van der Waals surface area (Å²) in [4.78, 5) is 9.29. The van der Waals surface area contributed by atoms with E-state index < -0.39 is 0 Å². The van der Waals surface area contributed by atoms with E-state index in [4.69, 9.17) is 0 Å². The maximum atomic E-state index is 4.60. The minimum atomic E-state index is 0.575. The van der Waals surface area contributed by atoms with E-state index in [0.717, 1.165) is 11.7 Å². The van der Waals surface area contributed by atoms with Crippen molar-refractivity contribution < 1.29 is 0 Å². The number of aryl methyl sites for hydroxylation is 1. The zero-order valence-corrected chi connectivity index (χ0v) is 13.0. The predicted octanol–water partition coefficient (Wildman–Crippen LogP) is 3.25. The second-order valence-electron chi connectivity index (χ2n) is 6.34. The number of hydrogen-bond donors (Lipinski definition) is 0. The number of hydrogen-bond acceptors (Lipinski definition) is 3. The fraction of sp³-hybridized carbons (Fsp3) is 0.688. The molecule has 1 atom stereocenters. The van der Waals surface area contributed by atoms with Crippen LogP contribution >= 0.6 is 0 Å². The van der Waals surface area contributed by atoms with Crippen LogP contribution in [0.5, 0.6) is 0 Å². The van der Waals surface area contributed by atoms with Crippen molar-refractivity contribution in [3.8, 4) is 0 Å². The Balaban J connectivity index is 2.21. The van der Waals surface area contributed by atoms with Crippen LogP contribution in [0.1, 0.15) is 43.9 Å². The SMILES string of the molecule is Cc1cc(N(C)C)ncc1[C@H]1CCCN1CC(C)C. The smallest absolute Gasteiger partial charge is 0.128 e. The number of likely N-dealkylation sites (tertiary alicyclic amines) is 1. The van der Waals surface area contributed by atoms with E-state index >= 15 is 0 Å². The lowest BCUT2D eigenvalue weighted by Crippen LogP contribution is -2.28. The lowest BCUT2D eigenvalue weighted by atomic mass is 10.0. The Labute approximate surface area is 117 Å². The van der Waals surface area contributed by atoms with E-state index in [-0.39, 0.29) is 0 Å². The number of nitrogens with zero attached hydrogens (tertiary/aromatic N) is 3. The summed E-state index contributed by atoms with van der Waals surface area (Å²) in [5, 5.41) is 0. The normalized spacial score (nSPS) is 20.2. The number of anilines is 1. The van der Waals surface area contributed by atoms with Crippen molar-refractivity contribution in [2.75, 3.05) is 32.1 Å². The summed E-state index contributed by atoms with van der Waals surface area (Å²) in [6, 6.07) is 2.78. The lowest BCUT2D eigenvalue weighted by molar-refractivity contribution is 0.228. The topological polar surface area (TPSA) is 19.4 Å². The molecule has 0 bridgehead atoms. The van der Waals surface area contributed by atoms with Crippen LogP contribution in [-0.4, -0.2) is 37.1 Å². The van der Waals surface area contributed by atoms with Gasteiger partial charge in [0.2, 0.25) is 0 Å². The van der Waals surface area contributed by atoms with Crippen molar-refractivity contribution >= 4 is 5.82 Å². The van der Waals surface area contributed by atoms with Gasteiger partial charge < -0.3 is 4.90 Å². The van der Waals surface area contributed by atoms with Gasteiger partial charge in [-0.3, -0.25) is 4.90 Å². The summed E-state index contributed by atoms with van der Waals surface area (Å²) in [5.74, 6) is 1.78. The minimum absolute atomic E-state index is 0.575. The summed E-state index contributed by atoms with van der Waals surface area (Å²) >= 11 is 0. The van der Waals surface area contributed by atoms with Crippen LogP contribution in [0.3, 0.4) is 0 Å². The van der Waals surface area contributed by atoms with Crippen LogP contribution in [0.15, 0.2) is 12.3 Å². The van der Waals surface area contributed by atoms with Gasteiger partial charge in [-0.15, -0.1) is 0 Å². The van der Waals surface area contributed by atoms with Gasteiger partial charge in [-0.25, -0.2) is 4.98 Å². The molecule has 0 saturated carbocycles. The average molecular weight is 261 g/mol. The first kappa shape index (κ1) is 14.3.